The molecule has 1 aliphatic heterocycles. The lowest BCUT2D eigenvalue weighted by Gasteiger charge is -2.17. The average Bonchev–Trinajstić information content (AvgIpc) is 2.96. The summed E-state index contributed by atoms with van der Waals surface area (Å²) in [6.07, 6.45) is 1.12. The third kappa shape index (κ3) is 4.67. The van der Waals surface area contributed by atoms with E-state index in [4.69, 9.17) is 4.74 Å². The quantitative estimate of drug-likeness (QED) is 0.631. The molecule has 2 heterocycles. The summed E-state index contributed by atoms with van der Waals surface area (Å²) < 4.78 is 5.25. The van der Waals surface area contributed by atoms with Crippen molar-refractivity contribution >= 4 is 23.2 Å². The van der Waals surface area contributed by atoms with Crippen molar-refractivity contribution < 1.29 is 14.3 Å². The molecule has 7 nitrogen and oxygen atoms in total. The van der Waals surface area contributed by atoms with Crippen LogP contribution in [0.1, 0.15) is 23.6 Å². The van der Waals surface area contributed by atoms with Crippen LogP contribution in [0.5, 0.6) is 5.88 Å². The number of para-hydroxylation sites is 1. The van der Waals surface area contributed by atoms with E-state index in [1.54, 1.807) is 18.3 Å². The highest BCUT2D eigenvalue weighted by molar-refractivity contribution is 6.19. The van der Waals surface area contributed by atoms with Gasteiger partial charge >= 0.3 is 0 Å². The second-order valence-corrected chi connectivity index (χ2v) is 7.60. The molecule has 2 atom stereocenters. The third-order valence-electron chi connectivity index (χ3n) is 5.28. The van der Waals surface area contributed by atoms with Crippen LogP contribution in [0.15, 0.2) is 77.9 Å². The molecule has 2 aromatic carbocycles. The van der Waals surface area contributed by atoms with Crippen LogP contribution in [0.4, 0.5) is 5.69 Å². The number of nitrogens with one attached hydrogen (secondary N) is 2. The summed E-state index contributed by atoms with van der Waals surface area (Å²) in [6, 6.07) is 20.7. The maximum Gasteiger partial charge on any atom is 0.269 e. The van der Waals surface area contributed by atoms with E-state index in [1.165, 1.54) is 7.11 Å². The Morgan fingerprint density at radius 3 is 2.66 bits per heavy atom. The van der Waals surface area contributed by atoms with Gasteiger partial charge in [-0.05, 0) is 24.1 Å². The van der Waals surface area contributed by atoms with Crippen LogP contribution in [0.3, 0.4) is 0 Å². The number of carbonyl (C=O) groups is 2. The molecule has 0 saturated heterocycles. The molecule has 0 aliphatic carbocycles. The van der Waals surface area contributed by atoms with Gasteiger partial charge in [-0.2, -0.15) is 0 Å². The van der Waals surface area contributed by atoms with Crippen LogP contribution >= 0.6 is 0 Å². The van der Waals surface area contributed by atoms with Gasteiger partial charge in [0, 0.05) is 29.3 Å². The second kappa shape index (κ2) is 9.43. The van der Waals surface area contributed by atoms with Crippen LogP contribution in [0.2, 0.25) is 0 Å². The van der Waals surface area contributed by atoms with Gasteiger partial charge < -0.3 is 15.4 Å². The highest BCUT2D eigenvalue weighted by Gasteiger charge is 2.28. The Morgan fingerprint density at radius 2 is 1.88 bits per heavy atom. The molecule has 0 bridgehead atoms. The molecule has 4 rings (SSSR count). The number of carbonyl (C=O) groups excluding carboxylic acids is 2. The zero-order valence-corrected chi connectivity index (χ0v) is 17.9. The molecule has 3 aromatic rings. The number of hydrogen-bond acceptors (Lipinski definition) is 5. The normalized spacial score (nSPS) is 16.1. The molecule has 2 unspecified atom stereocenters. The first-order chi connectivity index (χ1) is 15.5. The van der Waals surface area contributed by atoms with Crippen molar-refractivity contribution in [1.82, 2.24) is 10.3 Å². The highest BCUT2D eigenvalue weighted by Crippen LogP contribution is 2.25. The van der Waals surface area contributed by atoms with Gasteiger partial charge in [0.2, 0.25) is 18.0 Å². The fourth-order valence-electron chi connectivity index (χ4n) is 3.59. The van der Waals surface area contributed by atoms with Crippen LogP contribution < -0.4 is 15.4 Å². The Balaban J connectivity index is 1.64. The molecule has 2 N–H and O–H groups in total. The summed E-state index contributed by atoms with van der Waals surface area (Å²) in [5, 5.41) is 5.69. The van der Waals surface area contributed by atoms with Gasteiger partial charge in [-0.3, -0.25) is 9.59 Å². The minimum Gasteiger partial charge on any atom is -0.481 e. The molecule has 0 fully saturated rings. The summed E-state index contributed by atoms with van der Waals surface area (Å²) in [7, 11) is 1.54. The summed E-state index contributed by atoms with van der Waals surface area (Å²) >= 11 is 0. The first-order valence-corrected chi connectivity index (χ1v) is 10.4. The number of pyridine rings is 1. The van der Waals surface area contributed by atoms with E-state index in [0.29, 0.717) is 23.7 Å². The number of ether oxygens (including phenoxy) is 1. The van der Waals surface area contributed by atoms with Crippen LogP contribution in [-0.2, 0) is 16.0 Å². The monoisotopic (exact) mass is 428 g/mol. The SMILES string of the molecule is COc1cc(C2=NC(NC(=O)C(C)Cc3ccccc3)C(=O)Nc3ccccc32)ccn1. The van der Waals surface area contributed by atoms with Crippen LogP contribution in [-0.4, -0.2) is 35.8 Å². The van der Waals surface area contributed by atoms with Gasteiger partial charge in [-0.1, -0.05) is 55.5 Å². The molecule has 1 aliphatic rings. The average molecular weight is 428 g/mol. The Kier molecular flexibility index (Phi) is 6.26. The van der Waals surface area contributed by atoms with Crippen molar-refractivity contribution in [3.05, 3.63) is 89.6 Å². The number of hydrogen-bond donors (Lipinski definition) is 2. The van der Waals surface area contributed by atoms with Crippen molar-refractivity contribution in [2.75, 3.05) is 12.4 Å². The lowest BCUT2D eigenvalue weighted by atomic mass is 10.0. The number of amides is 2. The molecule has 1 aromatic heterocycles. The van der Waals surface area contributed by atoms with Crippen molar-refractivity contribution in [2.45, 2.75) is 19.5 Å². The standard InChI is InChI=1S/C25H24N4O3/c1-16(14-17-8-4-3-5-9-17)24(30)29-23-25(31)27-20-11-7-6-10-19(20)22(28-23)18-12-13-26-21(15-18)32-2/h3-13,15-16,23H,14H2,1-2H3,(H,27,31)(H,29,30). The summed E-state index contributed by atoms with van der Waals surface area (Å²) in [6.45, 7) is 1.84. The number of benzodiazepines with no additional fused rings is 1. The number of methoxy groups -OCH3 is 1. The number of aromatic nitrogens is 1. The number of benzene rings is 2. The van der Waals surface area contributed by atoms with Crippen LogP contribution in [0.25, 0.3) is 0 Å². The predicted octanol–water partition coefficient (Wildman–Crippen LogP) is 3.20. The number of anilines is 1. The van der Waals surface area contributed by atoms with Gasteiger partial charge in [0.25, 0.3) is 5.91 Å². The zero-order valence-electron chi connectivity index (χ0n) is 17.9. The van der Waals surface area contributed by atoms with Crippen molar-refractivity contribution in [3.63, 3.8) is 0 Å². The molecular weight excluding hydrogens is 404 g/mol. The lowest BCUT2D eigenvalue weighted by molar-refractivity contribution is -0.128. The van der Waals surface area contributed by atoms with E-state index >= 15 is 0 Å². The van der Waals surface area contributed by atoms with Gasteiger partial charge in [-0.15, -0.1) is 0 Å². The molecule has 32 heavy (non-hydrogen) atoms. The second-order valence-electron chi connectivity index (χ2n) is 7.60. The Bertz CT molecular complexity index is 1160. The number of fused-ring (bicyclic) bond motifs is 1. The minimum atomic E-state index is -1.07. The third-order valence-corrected chi connectivity index (χ3v) is 5.28. The first-order valence-electron chi connectivity index (χ1n) is 10.4. The number of nitrogens with zero attached hydrogens (tertiary/aromatic N) is 2. The van der Waals surface area contributed by atoms with E-state index in [9.17, 15) is 9.59 Å². The Labute approximate surface area is 186 Å². The molecule has 2 amide bonds. The smallest absolute Gasteiger partial charge is 0.269 e. The fourth-order valence-corrected chi connectivity index (χ4v) is 3.59. The minimum absolute atomic E-state index is 0.240. The van der Waals surface area contributed by atoms with Crippen molar-refractivity contribution in [1.29, 1.82) is 0 Å². The summed E-state index contributed by atoms with van der Waals surface area (Å²) in [4.78, 5) is 34.6. The molecular formula is C25H24N4O3. The first kappa shape index (κ1) is 21.2. The summed E-state index contributed by atoms with van der Waals surface area (Å²) in [5.41, 5.74) is 3.74. The van der Waals surface area contributed by atoms with E-state index < -0.39 is 12.1 Å². The van der Waals surface area contributed by atoms with E-state index in [2.05, 4.69) is 20.6 Å². The van der Waals surface area contributed by atoms with Gasteiger partial charge in [0.1, 0.15) is 0 Å². The maximum absolute atomic E-state index is 12.9. The highest BCUT2D eigenvalue weighted by atomic mass is 16.5. The van der Waals surface area contributed by atoms with E-state index in [0.717, 1.165) is 16.7 Å². The fraction of sp³-hybridized carbons (Fsp3) is 0.200. The van der Waals surface area contributed by atoms with Gasteiger partial charge in [0.05, 0.1) is 18.5 Å². The van der Waals surface area contributed by atoms with Crippen molar-refractivity contribution in [2.24, 2.45) is 10.9 Å². The molecule has 162 valence electrons. The maximum atomic E-state index is 12.9. The van der Waals surface area contributed by atoms with E-state index in [1.807, 2.05) is 61.5 Å². The summed E-state index contributed by atoms with van der Waals surface area (Å²) in [5.74, 6) is -0.525. The van der Waals surface area contributed by atoms with Gasteiger partial charge in [0.15, 0.2) is 0 Å². The molecule has 0 saturated carbocycles. The molecule has 7 heteroatoms. The van der Waals surface area contributed by atoms with Crippen molar-refractivity contribution in [3.8, 4) is 5.88 Å². The largest absolute Gasteiger partial charge is 0.481 e. The Hall–Kier alpha value is -4.00. The zero-order chi connectivity index (χ0) is 22.5. The van der Waals surface area contributed by atoms with E-state index in [-0.39, 0.29) is 11.8 Å². The number of aliphatic imine (C=N–C) groups is 1. The van der Waals surface area contributed by atoms with Gasteiger partial charge in [-0.25, -0.2) is 9.98 Å². The Morgan fingerprint density at radius 1 is 1.12 bits per heavy atom. The predicted molar refractivity (Wildman–Crippen MR) is 123 cm³/mol. The molecule has 0 radical (unpaired) electrons. The number of rotatable bonds is 6. The van der Waals surface area contributed by atoms with Crippen LogP contribution in [0, 0.1) is 5.92 Å². The topological polar surface area (TPSA) is 92.7 Å². The lowest BCUT2D eigenvalue weighted by Crippen LogP contribution is -2.44. The molecule has 0 spiro atoms.